The van der Waals surface area contributed by atoms with E-state index in [9.17, 15) is 18.0 Å². The number of sulfonamides is 1. The van der Waals surface area contributed by atoms with Gasteiger partial charge in [0.25, 0.3) is 0 Å². The van der Waals surface area contributed by atoms with Crippen LogP contribution < -0.4 is 9.62 Å². The topological polar surface area (TPSA) is 86.8 Å². The van der Waals surface area contributed by atoms with Crippen LogP contribution in [-0.4, -0.2) is 50.5 Å². The van der Waals surface area contributed by atoms with Crippen molar-refractivity contribution in [2.75, 3.05) is 23.7 Å². The van der Waals surface area contributed by atoms with E-state index in [1.165, 1.54) is 4.90 Å². The Morgan fingerprint density at radius 1 is 0.927 bits per heavy atom. The summed E-state index contributed by atoms with van der Waals surface area (Å²) in [6.45, 7) is 5.76. The molecule has 0 radical (unpaired) electrons. The molecule has 1 unspecified atom stereocenters. The van der Waals surface area contributed by atoms with Gasteiger partial charge in [-0.2, -0.15) is 0 Å². The van der Waals surface area contributed by atoms with E-state index in [0.29, 0.717) is 27.8 Å². The molecule has 0 aromatic heterocycles. The highest BCUT2D eigenvalue weighted by atomic mass is 35.5. The van der Waals surface area contributed by atoms with E-state index in [4.69, 9.17) is 23.2 Å². The molecule has 0 saturated carbocycles. The van der Waals surface area contributed by atoms with Gasteiger partial charge in [-0.3, -0.25) is 13.9 Å². The largest absolute Gasteiger partial charge is 0.354 e. The van der Waals surface area contributed by atoms with Gasteiger partial charge in [0.1, 0.15) is 12.6 Å². The molecular weight excluding hydrogens is 581 g/mol. The van der Waals surface area contributed by atoms with E-state index < -0.39 is 28.5 Å². The highest BCUT2D eigenvalue weighted by Gasteiger charge is 2.33. The lowest BCUT2D eigenvalue weighted by atomic mass is 10.0. The smallest absolute Gasteiger partial charge is 0.244 e. The number of amides is 2. The molecule has 0 saturated heterocycles. The van der Waals surface area contributed by atoms with Crippen LogP contribution in [0.3, 0.4) is 0 Å². The maximum absolute atomic E-state index is 14.2. The van der Waals surface area contributed by atoms with Gasteiger partial charge in [0.2, 0.25) is 21.8 Å². The average molecular weight is 619 g/mol. The first kappa shape index (κ1) is 32.4. The first-order valence-corrected chi connectivity index (χ1v) is 16.1. The van der Waals surface area contributed by atoms with Crippen LogP contribution in [0.2, 0.25) is 10.0 Å². The monoisotopic (exact) mass is 617 g/mol. The van der Waals surface area contributed by atoms with Crippen LogP contribution in [-0.2, 0) is 32.6 Å². The number of benzene rings is 3. The van der Waals surface area contributed by atoms with Crippen LogP contribution >= 0.6 is 23.2 Å². The number of unbranched alkanes of at least 4 members (excludes halogenated alkanes) is 1. The second kappa shape index (κ2) is 14.7. The fraction of sp³-hybridized carbons (Fsp3) is 0.355. The molecule has 0 spiro atoms. The molecule has 2 amide bonds. The van der Waals surface area contributed by atoms with Crippen LogP contribution in [0.15, 0.2) is 66.7 Å². The van der Waals surface area contributed by atoms with Gasteiger partial charge in [0, 0.05) is 19.5 Å². The third-order valence-corrected chi connectivity index (χ3v) is 8.60. The van der Waals surface area contributed by atoms with Crippen molar-refractivity contribution >= 4 is 50.7 Å². The Labute approximate surface area is 253 Å². The fourth-order valence-corrected chi connectivity index (χ4v) is 5.80. The summed E-state index contributed by atoms with van der Waals surface area (Å²) in [5.41, 5.74) is 3.62. The Balaban J connectivity index is 2.07. The van der Waals surface area contributed by atoms with E-state index in [-0.39, 0.29) is 18.9 Å². The molecule has 1 N–H and O–H groups in total. The van der Waals surface area contributed by atoms with Gasteiger partial charge in [0.05, 0.1) is 22.0 Å². The first-order valence-electron chi connectivity index (χ1n) is 13.5. The summed E-state index contributed by atoms with van der Waals surface area (Å²) >= 11 is 12.4. The molecule has 10 heteroatoms. The van der Waals surface area contributed by atoms with Crippen LogP contribution in [0.25, 0.3) is 0 Å². The van der Waals surface area contributed by atoms with Crippen molar-refractivity contribution in [3.8, 4) is 0 Å². The molecule has 7 nitrogen and oxygen atoms in total. The zero-order valence-corrected chi connectivity index (χ0v) is 26.2. The van der Waals surface area contributed by atoms with Crippen molar-refractivity contribution in [1.29, 1.82) is 0 Å². The molecule has 3 aromatic rings. The average Bonchev–Trinajstić information content (AvgIpc) is 2.91. The number of hydrogen-bond donors (Lipinski definition) is 1. The number of nitrogens with one attached hydrogen (secondary N) is 1. The van der Waals surface area contributed by atoms with Crippen molar-refractivity contribution in [1.82, 2.24) is 10.2 Å². The second-order valence-electron chi connectivity index (χ2n) is 10.2. The molecular formula is C31H37Cl2N3O4S. The van der Waals surface area contributed by atoms with Crippen LogP contribution in [0.4, 0.5) is 5.69 Å². The molecule has 3 rings (SSSR count). The van der Waals surface area contributed by atoms with Gasteiger partial charge < -0.3 is 10.2 Å². The number of nitrogens with zero attached hydrogens (tertiary/aromatic N) is 2. The van der Waals surface area contributed by atoms with E-state index in [1.807, 2.05) is 50.2 Å². The SMILES string of the molecule is CCCCNC(=O)C(Cc1ccccc1)N(Cc1ccc(Cl)c(Cl)c1)C(=O)CN(c1ccc(C)cc1C)S(C)(=O)=O. The molecule has 1 atom stereocenters. The minimum atomic E-state index is -3.84. The van der Waals surface area contributed by atoms with Crippen molar-refractivity contribution in [2.24, 2.45) is 0 Å². The second-order valence-corrected chi connectivity index (χ2v) is 12.9. The van der Waals surface area contributed by atoms with Crippen molar-refractivity contribution in [2.45, 2.75) is 52.6 Å². The van der Waals surface area contributed by atoms with Gasteiger partial charge in [-0.1, -0.05) is 90.6 Å². The summed E-state index contributed by atoms with van der Waals surface area (Å²) in [4.78, 5) is 29.2. The zero-order valence-electron chi connectivity index (χ0n) is 23.9. The number of halogens is 2. The quantitative estimate of drug-likeness (QED) is 0.241. The Morgan fingerprint density at radius 2 is 1.63 bits per heavy atom. The Morgan fingerprint density at radius 3 is 2.24 bits per heavy atom. The Hall–Kier alpha value is -3.07. The van der Waals surface area contributed by atoms with Crippen LogP contribution in [0, 0.1) is 13.8 Å². The van der Waals surface area contributed by atoms with Crippen molar-refractivity contribution in [3.63, 3.8) is 0 Å². The third-order valence-electron chi connectivity index (χ3n) is 6.74. The molecule has 3 aromatic carbocycles. The minimum absolute atomic E-state index is 0.0267. The summed E-state index contributed by atoms with van der Waals surface area (Å²) in [6.07, 6.45) is 3.00. The Bertz CT molecular complexity index is 1470. The zero-order chi connectivity index (χ0) is 30.2. The highest BCUT2D eigenvalue weighted by Crippen LogP contribution is 2.26. The maximum Gasteiger partial charge on any atom is 0.244 e. The summed E-state index contributed by atoms with van der Waals surface area (Å²) in [7, 11) is -3.84. The molecule has 0 bridgehead atoms. The van der Waals surface area contributed by atoms with Gasteiger partial charge in [-0.15, -0.1) is 0 Å². The summed E-state index contributed by atoms with van der Waals surface area (Å²) in [6, 6.07) is 18.9. The molecule has 220 valence electrons. The molecule has 0 aliphatic heterocycles. The lowest BCUT2D eigenvalue weighted by Gasteiger charge is -2.34. The third kappa shape index (κ3) is 9.21. The summed E-state index contributed by atoms with van der Waals surface area (Å²) < 4.78 is 27.1. The normalized spacial score (nSPS) is 12.0. The van der Waals surface area contributed by atoms with Gasteiger partial charge in [0.15, 0.2) is 0 Å². The Kier molecular flexibility index (Phi) is 11.6. The number of hydrogen-bond acceptors (Lipinski definition) is 4. The van der Waals surface area contributed by atoms with Gasteiger partial charge in [-0.25, -0.2) is 8.42 Å². The van der Waals surface area contributed by atoms with E-state index in [1.54, 1.807) is 37.3 Å². The highest BCUT2D eigenvalue weighted by molar-refractivity contribution is 7.92. The number of carbonyl (C=O) groups is 2. The number of anilines is 1. The molecule has 0 fully saturated rings. The predicted molar refractivity (Wildman–Crippen MR) is 167 cm³/mol. The number of rotatable bonds is 13. The van der Waals surface area contributed by atoms with Gasteiger partial charge >= 0.3 is 0 Å². The van der Waals surface area contributed by atoms with Crippen molar-refractivity contribution < 1.29 is 18.0 Å². The molecule has 41 heavy (non-hydrogen) atoms. The summed E-state index contributed by atoms with van der Waals surface area (Å²) in [5.74, 6) is -0.832. The lowest BCUT2D eigenvalue weighted by Crippen LogP contribution is -2.53. The standard InChI is InChI=1S/C31H37Cl2N3O4S/c1-5-6-16-34-31(38)29(19-24-10-8-7-9-11-24)35(20-25-13-14-26(32)27(33)18-25)30(37)21-36(41(4,39)40)28-15-12-22(2)17-23(28)3/h7-15,17-18,29H,5-6,16,19-21H2,1-4H3,(H,34,38). The van der Waals surface area contributed by atoms with E-state index in [2.05, 4.69) is 5.32 Å². The molecule has 0 aliphatic carbocycles. The number of carbonyl (C=O) groups excluding carboxylic acids is 2. The van der Waals surface area contributed by atoms with Crippen LogP contribution in [0.1, 0.15) is 42.0 Å². The summed E-state index contributed by atoms with van der Waals surface area (Å²) in [5, 5.41) is 3.65. The first-order chi connectivity index (χ1) is 19.4. The predicted octanol–water partition coefficient (Wildman–Crippen LogP) is 5.93. The van der Waals surface area contributed by atoms with Gasteiger partial charge in [-0.05, 0) is 55.2 Å². The van der Waals surface area contributed by atoms with E-state index >= 15 is 0 Å². The number of aryl methyl sites for hydroxylation is 2. The molecule has 0 heterocycles. The van der Waals surface area contributed by atoms with Crippen molar-refractivity contribution in [3.05, 3.63) is 99.0 Å². The minimum Gasteiger partial charge on any atom is -0.354 e. The molecule has 0 aliphatic rings. The maximum atomic E-state index is 14.2. The lowest BCUT2D eigenvalue weighted by molar-refractivity contribution is -0.140. The van der Waals surface area contributed by atoms with E-state index in [0.717, 1.165) is 40.1 Å². The van der Waals surface area contributed by atoms with Crippen LogP contribution in [0.5, 0.6) is 0 Å². The fourth-order valence-electron chi connectivity index (χ4n) is 4.57.